The lowest BCUT2D eigenvalue weighted by molar-refractivity contribution is 0.204. The number of methoxy groups -OCH3 is 1. The van der Waals surface area contributed by atoms with Crippen molar-refractivity contribution < 1.29 is 14.2 Å². The standard InChI is InChI=1S/C23H24FN5O2S/c1-15-25-23-29(26-15)21(22(30)32-23)20(16-3-9-19(31-2)10-4-16)28-13-11-27(12-14-28)18-7-5-17(24)6-8-18/h3-10,20,30H,11-14H2,1-2H3. The van der Waals surface area contributed by atoms with Crippen LogP contribution in [-0.4, -0.2) is 57.9 Å². The largest absolute Gasteiger partial charge is 0.498 e. The van der Waals surface area contributed by atoms with Crippen LogP contribution in [0.25, 0.3) is 4.96 Å². The van der Waals surface area contributed by atoms with Gasteiger partial charge in [0.1, 0.15) is 23.1 Å². The summed E-state index contributed by atoms with van der Waals surface area (Å²) in [6.07, 6.45) is 0. The van der Waals surface area contributed by atoms with E-state index in [1.807, 2.05) is 43.3 Å². The first-order valence-corrected chi connectivity index (χ1v) is 11.3. The summed E-state index contributed by atoms with van der Waals surface area (Å²) in [6.45, 7) is 4.99. The van der Waals surface area contributed by atoms with Crippen LogP contribution in [0.5, 0.6) is 10.8 Å². The molecule has 9 heteroatoms. The van der Waals surface area contributed by atoms with Gasteiger partial charge in [-0.1, -0.05) is 23.5 Å². The van der Waals surface area contributed by atoms with E-state index in [0.717, 1.165) is 48.9 Å². The number of hydrogen-bond donors (Lipinski definition) is 1. The van der Waals surface area contributed by atoms with Gasteiger partial charge in [-0.15, -0.1) is 0 Å². The van der Waals surface area contributed by atoms with Crippen LogP contribution in [0, 0.1) is 12.7 Å². The Morgan fingerprint density at radius 1 is 1.03 bits per heavy atom. The molecule has 4 aromatic rings. The molecular weight excluding hydrogens is 429 g/mol. The number of fused-ring (bicyclic) bond motifs is 1. The lowest BCUT2D eigenvalue weighted by Gasteiger charge is -2.40. The maximum atomic E-state index is 13.3. The third kappa shape index (κ3) is 3.78. The minimum Gasteiger partial charge on any atom is -0.498 e. The van der Waals surface area contributed by atoms with Gasteiger partial charge in [-0.05, 0) is 48.9 Å². The van der Waals surface area contributed by atoms with Crippen LogP contribution in [0.1, 0.15) is 23.1 Å². The molecule has 0 amide bonds. The molecule has 0 spiro atoms. The third-order valence-corrected chi connectivity index (χ3v) is 6.73. The van der Waals surface area contributed by atoms with E-state index < -0.39 is 0 Å². The molecule has 3 heterocycles. The second kappa shape index (κ2) is 8.40. The maximum absolute atomic E-state index is 13.3. The highest BCUT2D eigenvalue weighted by atomic mass is 32.1. The molecule has 1 atom stereocenters. The molecule has 1 saturated heterocycles. The van der Waals surface area contributed by atoms with E-state index in [-0.39, 0.29) is 16.9 Å². The van der Waals surface area contributed by atoms with Crippen LogP contribution in [0.15, 0.2) is 48.5 Å². The number of ether oxygens (including phenoxy) is 1. The van der Waals surface area contributed by atoms with E-state index >= 15 is 0 Å². The van der Waals surface area contributed by atoms with Crippen molar-refractivity contribution in [3.8, 4) is 10.8 Å². The Morgan fingerprint density at radius 2 is 1.72 bits per heavy atom. The number of halogens is 1. The summed E-state index contributed by atoms with van der Waals surface area (Å²) >= 11 is 1.24. The molecule has 166 valence electrons. The Bertz CT molecular complexity index is 1210. The van der Waals surface area contributed by atoms with Crippen molar-refractivity contribution in [1.29, 1.82) is 0 Å². The minimum absolute atomic E-state index is 0.189. The summed E-state index contributed by atoms with van der Waals surface area (Å²) in [6, 6.07) is 14.4. The third-order valence-electron chi connectivity index (χ3n) is 5.88. The Kier molecular flexibility index (Phi) is 5.44. The number of anilines is 1. The number of thiazole rings is 1. The van der Waals surface area contributed by atoms with Gasteiger partial charge >= 0.3 is 0 Å². The van der Waals surface area contributed by atoms with Crippen molar-refractivity contribution in [1.82, 2.24) is 19.5 Å². The molecule has 7 nitrogen and oxygen atoms in total. The van der Waals surface area contributed by atoms with Crippen molar-refractivity contribution in [2.45, 2.75) is 13.0 Å². The Morgan fingerprint density at radius 3 is 2.38 bits per heavy atom. The van der Waals surface area contributed by atoms with Gasteiger partial charge in [0, 0.05) is 31.9 Å². The molecule has 1 N–H and O–H groups in total. The van der Waals surface area contributed by atoms with Crippen LogP contribution in [0.3, 0.4) is 0 Å². The van der Waals surface area contributed by atoms with Crippen LogP contribution in [0.2, 0.25) is 0 Å². The zero-order valence-corrected chi connectivity index (χ0v) is 18.7. The fourth-order valence-electron chi connectivity index (χ4n) is 4.30. The second-order valence-corrected chi connectivity index (χ2v) is 8.78. The number of rotatable bonds is 5. The number of aryl methyl sites for hydroxylation is 1. The van der Waals surface area contributed by atoms with Gasteiger partial charge in [0.2, 0.25) is 4.96 Å². The first-order valence-electron chi connectivity index (χ1n) is 10.5. The Hall–Kier alpha value is -3.17. The van der Waals surface area contributed by atoms with Crippen molar-refractivity contribution in [3.05, 3.63) is 71.4 Å². The molecule has 0 aliphatic carbocycles. The van der Waals surface area contributed by atoms with E-state index in [2.05, 4.69) is 19.9 Å². The van der Waals surface area contributed by atoms with E-state index in [1.165, 1.54) is 23.5 Å². The van der Waals surface area contributed by atoms with Crippen molar-refractivity contribution in [2.75, 3.05) is 38.2 Å². The normalized spacial score (nSPS) is 15.9. The second-order valence-electron chi connectivity index (χ2n) is 7.82. The molecule has 5 rings (SSSR count). The zero-order chi connectivity index (χ0) is 22.2. The summed E-state index contributed by atoms with van der Waals surface area (Å²) in [7, 11) is 1.65. The Balaban J connectivity index is 1.49. The maximum Gasteiger partial charge on any atom is 0.215 e. The van der Waals surface area contributed by atoms with Crippen molar-refractivity contribution >= 4 is 22.0 Å². The number of hydrogen-bond acceptors (Lipinski definition) is 7. The summed E-state index contributed by atoms with van der Waals surface area (Å²) in [5.74, 6) is 1.23. The summed E-state index contributed by atoms with van der Waals surface area (Å²) in [5.41, 5.74) is 2.79. The van der Waals surface area contributed by atoms with Crippen molar-refractivity contribution in [3.63, 3.8) is 0 Å². The topological polar surface area (TPSA) is 66.1 Å². The summed E-state index contributed by atoms with van der Waals surface area (Å²) in [5, 5.41) is 15.6. The molecule has 0 bridgehead atoms. The van der Waals surface area contributed by atoms with Crippen LogP contribution in [-0.2, 0) is 0 Å². The molecular formula is C23H24FN5O2S. The molecule has 2 aromatic carbocycles. The monoisotopic (exact) mass is 453 g/mol. The molecule has 1 aliphatic rings. The van der Waals surface area contributed by atoms with Gasteiger partial charge in [0.25, 0.3) is 0 Å². The SMILES string of the molecule is COc1ccc(C(c2c(O)sc3nc(C)nn23)N2CCN(c3ccc(F)cc3)CC2)cc1. The van der Waals surface area contributed by atoms with Gasteiger partial charge < -0.3 is 14.7 Å². The predicted molar refractivity (Wildman–Crippen MR) is 122 cm³/mol. The lowest BCUT2D eigenvalue weighted by Crippen LogP contribution is -2.48. The molecule has 1 aliphatic heterocycles. The fourth-order valence-corrected chi connectivity index (χ4v) is 5.18. The molecule has 2 aromatic heterocycles. The van der Waals surface area contributed by atoms with E-state index in [1.54, 1.807) is 11.6 Å². The van der Waals surface area contributed by atoms with Gasteiger partial charge in [-0.25, -0.2) is 13.9 Å². The highest BCUT2D eigenvalue weighted by Gasteiger charge is 2.32. The smallest absolute Gasteiger partial charge is 0.215 e. The average molecular weight is 454 g/mol. The quantitative estimate of drug-likeness (QED) is 0.495. The summed E-state index contributed by atoms with van der Waals surface area (Å²) in [4.78, 5) is 9.72. The average Bonchev–Trinajstić information content (AvgIpc) is 3.30. The number of aromatic nitrogens is 3. The number of aromatic hydroxyl groups is 1. The van der Waals surface area contributed by atoms with E-state index in [0.29, 0.717) is 10.8 Å². The van der Waals surface area contributed by atoms with Gasteiger partial charge in [0.05, 0.1) is 13.2 Å². The highest BCUT2D eigenvalue weighted by Crippen LogP contribution is 2.40. The van der Waals surface area contributed by atoms with Gasteiger partial charge in [-0.3, -0.25) is 4.90 Å². The number of nitrogens with zero attached hydrogens (tertiary/aromatic N) is 5. The number of piperazine rings is 1. The fraction of sp³-hybridized carbons (Fsp3) is 0.304. The zero-order valence-electron chi connectivity index (χ0n) is 17.9. The Labute approximate surface area is 189 Å². The highest BCUT2D eigenvalue weighted by molar-refractivity contribution is 7.18. The molecule has 0 saturated carbocycles. The molecule has 1 fully saturated rings. The molecule has 0 radical (unpaired) electrons. The molecule has 32 heavy (non-hydrogen) atoms. The van der Waals surface area contributed by atoms with Crippen LogP contribution >= 0.6 is 11.3 Å². The van der Waals surface area contributed by atoms with Gasteiger partial charge in [0.15, 0.2) is 5.06 Å². The van der Waals surface area contributed by atoms with Crippen LogP contribution < -0.4 is 9.64 Å². The first kappa shape index (κ1) is 20.7. The number of benzene rings is 2. The van der Waals surface area contributed by atoms with E-state index in [4.69, 9.17) is 4.74 Å². The van der Waals surface area contributed by atoms with E-state index in [9.17, 15) is 9.50 Å². The first-order chi connectivity index (χ1) is 15.5. The van der Waals surface area contributed by atoms with Crippen molar-refractivity contribution in [2.24, 2.45) is 0 Å². The van der Waals surface area contributed by atoms with Gasteiger partial charge in [-0.2, -0.15) is 5.10 Å². The lowest BCUT2D eigenvalue weighted by atomic mass is 10.0. The molecule has 1 unspecified atom stereocenters. The minimum atomic E-state index is -0.230. The van der Waals surface area contributed by atoms with Crippen LogP contribution in [0.4, 0.5) is 10.1 Å². The summed E-state index contributed by atoms with van der Waals surface area (Å²) < 4.78 is 20.4. The predicted octanol–water partition coefficient (Wildman–Crippen LogP) is 3.86.